The van der Waals surface area contributed by atoms with Crippen LogP contribution in [-0.2, 0) is 16.1 Å². The topological polar surface area (TPSA) is 62.7 Å². The van der Waals surface area contributed by atoms with Crippen LogP contribution in [0.5, 0.6) is 0 Å². The van der Waals surface area contributed by atoms with Crippen LogP contribution < -0.4 is 0 Å². The Hall–Kier alpha value is -1.46. The van der Waals surface area contributed by atoms with Crippen LogP contribution in [0.25, 0.3) is 0 Å². The molecule has 5 nitrogen and oxygen atoms in total. The van der Waals surface area contributed by atoms with Crippen LogP contribution in [0.3, 0.4) is 0 Å². The Morgan fingerprint density at radius 2 is 2.39 bits per heavy atom. The van der Waals surface area contributed by atoms with Gasteiger partial charge < -0.3 is 9.84 Å². The Morgan fingerprint density at radius 1 is 1.61 bits per heavy atom. The van der Waals surface area contributed by atoms with Crippen LogP contribution in [0.4, 0.5) is 0 Å². The molecule has 0 aliphatic carbocycles. The summed E-state index contributed by atoms with van der Waals surface area (Å²) in [5, 5.41) is 9.92. The van der Waals surface area contributed by atoms with Crippen molar-refractivity contribution < 1.29 is 14.6 Å². The largest absolute Gasteiger partial charge is 0.469 e. The number of carbonyl (C=O) groups excluding carboxylic acids is 1. The summed E-state index contributed by atoms with van der Waals surface area (Å²) in [6, 6.07) is 3.93. The summed E-state index contributed by atoms with van der Waals surface area (Å²) in [6.45, 7) is 3.06. The van der Waals surface area contributed by atoms with E-state index in [1.165, 1.54) is 7.11 Å². The van der Waals surface area contributed by atoms with Crippen LogP contribution in [0.15, 0.2) is 18.3 Å². The lowest BCUT2D eigenvalue weighted by Crippen LogP contribution is -2.29. The Kier molecular flexibility index (Phi) is 3.93. The lowest BCUT2D eigenvalue weighted by atomic mass is 10.1. The second kappa shape index (κ2) is 5.46. The Labute approximate surface area is 106 Å². The number of esters is 1. The van der Waals surface area contributed by atoms with Gasteiger partial charge in [-0.15, -0.1) is 0 Å². The normalized spacial score (nSPS) is 24.2. The summed E-state index contributed by atoms with van der Waals surface area (Å²) in [5.74, 6) is -0.484. The van der Waals surface area contributed by atoms with Gasteiger partial charge in [0.1, 0.15) is 6.23 Å². The molecule has 2 atom stereocenters. The van der Waals surface area contributed by atoms with Crippen LogP contribution >= 0.6 is 0 Å². The van der Waals surface area contributed by atoms with E-state index in [0.717, 1.165) is 11.3 Å². The Bertz CT molecular complexity index is 419. The molecule has 2 rings (SSSR count). The first-order chi connectivity index (χ1) is 8.60. The fraction of sp³-hybridized carbons (Fsp3) is 0.538. The fourth-order valence-corrected chi connectivity index (χ4v) is 2.22. The molecular formula is C13H18N2O3. The molecule has 1 N–H and O–H groups in total. The first kappa shape index (κ1) is 13.0. The summed E-state index contributed by atoms with van der Waals surface area (Å²) < 4.78 is 4.71. The van der Waals surface area contributed by atoms with Crippen molar-refractivity contribution in [2.24, 2.45) is 5.92 Å². The summed E-state index contributed by atoms with van der Waals surface area (Å²) in [7, 11) is 1.38. The van der Waals surface area contributed by atoms with Crippen molar-refractivity contribution in [2.75, 3.05) is 13.7 Å². The third-order valence-electron chi connectivity index (χ3n) is 3.26. The second-order valence-corrected chi connectivity index (χ2v) is 4.67. The van der Waals surface area contributed by atoms with E-state index in [2.05, 4.69) is 4.98 Å². The first-order valence-electron chi connectivity index (χ1n) is 6.01. The number of likely N-dealkylation sites (tertiary alicyclic amines) is 1. The van der Waals surface area contributed by atoms with Crippen molar-refractivity contribution in [1.29, 1.82) is 0 Å². The van der Waals surface area contributed by atoms with Crippen LogP contribution in [-0.4, -0.2) is 40.8 Å². The highest BCUT2D eigenvalue weighted by atomic mass is 16.5. The maximum Gasteiger partial charge on any atom is 0.310 e. The predicted octanol–water partition coefficient (Wildman–Crippen LogP) is 0.703. The zero-order chi connectivity index (χ0) is 13.1. The molecule has 0 radical (unpaired) electrons. The Morgan fingerprint density at radius 3 is 3.00 bits per heavy atom. The maximum absolute atomic E-state index is 11.4. The summed E-state index contributed by atoms with van der Waals surface area (Å²) in [5.41, 5.74) is 2.00. The summed E-state index contributed by atoms with van der Waals surface area (Å²) >= 11 is 0. The molecule has 0 bridgehead atoms. The molecule has 2 heterocycles. The van der Waals surface area contributed by atoms with E-state index >= 15 is 0 Å². The minimum absolute atomic E-state index is 0.233. The van der Waals surface area contributed by atoms with Crippen LogP contribution in [0.1, 0.15) is 17.7 Å². The van der Waals surface area contributed by atoms with E-state index in [9.17, 15) is 9.90 Å². The molecule has 0 aromatic carbocycles. The van der Waals surface area contributed by atoms with Crippen molar-refractivity contribution in [3.63, 3.8) is 0 Å². The van der Waals surface area contributed by atoms with Crippen molar-refractivity contribution in [1.82, 2.24) is 9.88 Å². The van der Waals surface area contributed by atoms with E-state index in [1.807, 2.05) is 24.0 Å². The zero-order valence-electron chi connectivity index (χ0n) is 10.7. The minimum atomic E-state index is -0.588. The molecule has 1 aromatic rings. The third kappa shape index (κ3) is 2.86. The number of aromatic nitrogens is 1. The van der Waals surface area contributed by atoms with E-state index in [1.54, 1.807) is 6.20 Å². The van der Waals surface area contributed by atoms with Gasteiger partial charge in [0, 0.05) is 31.4 Å². The molecule has 5 heteroatoms. The lowest BCUT2D eigenvalue weighted by molar-refractivity contribution is -0.145. The maximum atomic E-state index is 11.4. The monoisotopic (exact) mass is 250 g/mol. The van der Waals surface area contributed by atoms with Gasteiger partial charge in [-0.3, -0.25) is 14.7 Å². The molecule has 0 amide bonds. The van der Waals surface area contributed by atoms with Gasteiger partial charge in [0.2, 0.25) is 0 Å². The first-order valence-corrected chi connectivity index (χ1v) is 6.01. The van der Waals surface area contributed by atoms with E-state index in [4.69, 9.17) is 4.74 Å². The molecule has 1 aromatic heterocycles. The second-order valence-electron chi connectivity index (χ2n) is 4.67. The smallest absolute Gasteiger partial charge is 0.310 e. The van der Waals surface area contributed by atoms with Gasteiger partial charge in [0.25, 0.3) is 0 Å². The molecule has 18 heavy (non-hydrogen) atoms. The Balaban J connectivity index is 1.98. The van der Waals surface area contributed by atoms with Gasteiger partial charge in [0.15, 0.2) is 0 Å². The molecule has 1 fully saturated rings. The van der Waals surface area contributed by atoms with E-state index in [0.29, 0.717) is 19.5 Å². The van der Waals surface area contributed by atoms with Gasteiger partial charge in [-0.05, 0) is 18.6 Å². The number of methoxy groups -OCH3 is 1. The number of hydrogen-bond acceptors (Lipinski definition) is 5. The quantitative estimate of drug-likeness (QED) is 0.800. The number of nitrogens with zero attached hydrogens (tertiary/aromatic N) is 2. The van der Waals surface area contributed by atoms with Crippen molar-refractivity contribution in [3.05, 3.63) is 29.6 Å². The van der Waals surface area contributed by atoms with Gasteiger partial charge in [-0.25, -0.2) is 0 Å². The molecule has 1 saturated heterocycles. The average Bonchev–Trinajstić information content (AvgIpc) is 2.73. The van der Waals surface area contributed by atoms with Crippen LogP contribution in [0, 0.1) is 12.8 Å². The van der Waals surface area contributed by atoms with Crippen molar-refractivity contribution in [3.8, 4) is 0 Å². The van der Waals surface area contributed by atoms with Gasteiger partial charge in [0.05, 0.1) is 13.0 Å². The standard InChI is InChI=1S/C13H18N2O3/c1-9-3-4-10(6-14-9)7-15-8-11(5-12(15)16)13(17)18-2/h3-4,6,11-12,16H,5,7-8H2,1-2H3. The molecule has 1 aliphatic heterocycles. The SMILES string of the molecule is COC(=O)C1CC(O)N(Cc2ccc(C)nc2)C1. The highest BCUT2D eigenvalue weighted by Crippen LogP contribution is 2.24. The summed E-state index contributed by atoms with van der Waals surface area (Å²) in [6.07, 6.45) is 1.65. The number of rotatable bonds is 3. The third-order valence-corrected chi connectivity index (χ3v) is 3.26. The average molecular weight is 250 g/mol. The molecule has 2 unspecified atom stereocenters. The van der Waals surface area contributed by atoms with Gasteiger partial charge >= 0.3 is 5.97 Å². The minimum Gasteiger partial charge on any atom is -0.469 e. The number of pyridine rings is 1. The molecule has 0 spiro atoms. The predicted molar refractivity (Wildman–Crippen MR) is 65.5 cm³/mol. The molecular weight excluding hydrogens is 232 g/mol. The lowest BCUT2D eigenvalue weighted by Gasteiger charge is -2.19. The number of aliphatic hydroxyl groups is 1. The van der Waals surface area contributed by atoms with E-state index in [-0.39, 0.29) is 11.9 Å². The summed E-state index contributed by atoms with van der Waals surface area (Å²) in [4.78, 5) is 17.5. The van der Waals surface area contributed by atoms with Crippen LogP contribution in [0.2, 0.25) is 0 Å². The number of aliphatic hydroxyl groups excluding tert-OH is 1. The molecule has 98 valence electrons. The van der Waals surface area contributed by atoms with Gasteiger partial charge in [-0.1, -0.05) is 6.07 Å². The van der Waals surface area contributed by atoms with E-state index < -0.39 is 6.23 Å². The number of aryl methyl sites for hydroxylation is 1. The molecule has 1 aliphatic rings. The van der Waals surface area contributed by atoms with Crippen molar-refractivity contribution in [2.45, 2.75) is 26.1 Å². The number of carbonyl (C=O) groups is 1. The molecule has 0 saturated carbocycles. The highest BCUT2D eigenvalue weighted by molar-refractivity contribution is 5.72. The van der Waals surface area contributed by atoms with Crippen molar-refractivity contribution >= 4 is 5.97 Å². The highest BCUT2D eigenvalue weighted by Gasteiger charge is 2.35. The fourth-order valence-electron chi connectivity index (χ4n) is 2.22. The van der Waals surface area contributed by atoms with Gasteiger partial charge in [-0.2, -0.15) is 0 Å². The number of hydrogen-bond donors (Lipinski definition) is 1. The number of ether oxygens (including phenoxy) is 1. The zero-order valence-corrected chi connectivity index (χ0v) is 10.7.